The van der Waals surface area contributed by atoms with Gasteiger partial charge in [-0.3, -0.25) is 5.11 Å². The Morgan fingerprint density at radius 1 is 0.824 bits per heavy atom. The van der Waals surface area contributed by atoms with Crippen LogP contribution in [0.15, 0.2) is 18.2 Å². The van der Waals surface area contributed by atoms with Crippen LogP contribution < -0.4 is 9.47 Å². The van der Waals surface area contributed by atoms with Gasteiger partial charge in [0.2, 0.25) is 0 Å². The molecule has 0 bridgehead atoms. The molecule has 0 heterocycles. The van der Waals surface area contributed by atoms with Gasteiger partial charge in [-0.1, -0.05) is 6.07 Å². The van der Waals surface area contributed by atoms with Gasteiger partial charge in [0.05, 0.1) is 0 Å². The molecular weight excluding hydrogens is 216 g/mol. The van der Waals surface area contributed by atoms with Crippen molar-refractivity contribution in [3.8, 4) is 17.2 Å². The molecule has 0 atom stereocenters. The summed E-state index contributed by atoms with van der Waals surface area (Å²) >= 11 is 0. The van der Waals surface area contributed by atoms with Crippen LogP contribution in [0, 0.1) is 0 Å². The van der Waals surface area contributed by atoms with E-state index in [-0.39, 0.29) is 17.0 Å². The van der Waals surface area contributed by atoms with E-state index in [2.05, 4.69) is 0 Å². The quantitative estimate of drug-likeness (QED) is 0.773. The Hall–Kier alpha value is -1.38. The fourth-order valence-corrected chi connectivity index (χ4v) is 1.32. The molecule has 95 valence electrons. The van der Waals surface area contributed by atoms with Crippen molar-refractivity contribution >= 4 is 0 Å². The number of benzene rings is 1. The first kappa shape index (κ1) is 13.7. The molecule has 0 fully saturated rings. The third-order valence-electron chi connectivity index (χ3n) is 1.78. The molecule has 0 aliphatic carbocycles. The van der Waals surface area contributed by atoms with Gasteiger partial charge in [-0.25, -0.2) is 0 Å². The van der Waals surface area contributed by atoms with Crippen LogP contribution in [0.2, 0.25) is 0 Å². The average molecular weight is 237 g/mol. The molecule has 0 spiro atoms. The van der Waals surface area contributed by atoms with Gasteiger partial charge in [0.15, 0.2) is 11.5 Å². The Morgan fingerprint density at radius 3 is 1.47 bits per heavy atom. The molecule has 1 rings (SSSR count). The lowest BCUT2D eigenvalue weighted by Gasteiger charge is -2.24. The lowest BCUT2D eigenvalue weighted by Crippen LogP contribution is -2.24. The van der Waals surface area contributed by atoms with Crippen molar-refractivity contribution in [2.24, 2.45) is 0 Å². The van der Waals surface area contributed by atoms with Crippen molar-refractivity contribution < 1.29 is 14.6 Å². The van der Waals surface area contributed by atoms with Crippen molar-refractivity contribution in [1.82, 2.24) is 0 Å². The highest BCUT2D eigenvalue weighted by molar-refractivity contribution is 5.50. The van der Waals surface area contributed by atoms with Crippen molar-refractivity contribution in [2.75, 3.05) is 0 Å². The summed E-state index contributed by atoms with van der Waals surface area (Å²) in [5, 5.41) is 12.1. The minimum Gasteiger partial charge on any atom is -0.484 e. The first-order chi connectivity index (χ1) is 7.58. The molecule has 1 radical (unpaired) electrons. The van der Waals surface area contributed by atoms with Gasteiger partial charge in [0, 0.05) is 0 Å². The molecule has 0 N–H and O–H groups in total. The Bertz CT molecular complexity index is 349. The number of ether oxygens (including phenoxy) is 2. The van der Waals surface area contributed by atoms with E-state index in [4.69, 9.17) is 9.47 Å². The predicted octanol–water partition coefficient (Wildman–Crippen LogP) is 4.19. The number of hydrogen-bond donors (Lipinski definition) is 0. The maximum Gasteiger partial charge on any atom is 0.262 e. The lowest BCUT2D eigenvalue weighted by atomic mass is 10.1. The van der Waals surface area contributed by atoms with E-state index in [0.29, 0.717) is 11.5 Å². The van der Waals surface area contributed by atoms with Gasteiger partial charge >= 0.3 is 0 Å². The highest BCUT2D eigenvalue weighted by Crippen LogP contribution is 2.39. The first-order valence-electron chi connectivity index (χ1n) is 5.76. The SMILES string of the molecule is CC(C)(C)Oc1cccc(OC(C)(C)C)c1[O]. The van der Waals surface area contributed by atoms with E-state index >= 15 is 0 Å². The number of rotatable bonds is 2. The third-order valence-corrected chi connectivity index (χ3v) is 1.78. The molecule has 0 aromatic heterocycles. The van der Waals surface area contributed by atoms with Gasteiger partial charge < -0.3 is 9.47 Å². The van der Waals surface area contributed by atoms with Crippen LogP contribution in [-0.4, -0.2) is 11.2 Å². The smallest absolute Gasteiger partial charge is 0.262 e. The maximum absolute atomic E-state index is 12.1. The second-order valence-electron chi connectivity index (χ2n) is 6.01. The van der Waals surface area contributed by atoms with Gasteiger partial charge in [-0.15, -0.1) is 0 Å². The lowest BCUT2D eigenvalue weighted by molar-refractivity contribution is 0.106. The van der Waals surface area contributed by atoms with Crippen molar-refractivity contribution in [3.05, 3.63) is 18.2 Å². The third kappa shape index (κ3) is 4.55. The summed E-state index contributed by atoms with van der Waals surface area (Å²) < 4.78 is 11.2. The molecule has 0 aliphatic rings. The van der Waals surface area contributed by atoms with Gasteiger partial charge in [-0.05, 0) is 53.7 Å². The van der Waals surface area contributed by atoms with E-state index in [0.717, 1.165) is 0 Å². The molecule has 0 saturated heterocycles. The average Bonchev–Trinajstić information content (AvgIpc) is 2.07. The van der Waals surface area contributed by atoms with E-state index in [1.807, 2.05) is 41.5 Å². The highest BCUT2D eigenvalue weighted by Gasteiger charge is 2.21. The molecule has 3 nitrogen and oxygen atoms in total. The van der Waals surface area contributed by atoms with E-state index in [1.165, 1.54) is 0 Å². The van der Waals surface area contributed by atoms with E-state index < -0.39 is 0 Å². The zero-order chi connectivity index (χ0) is 13.3. The summed E-state index contributed by atoms with van der Waals surface area (Å²) in [6.07, 6.45) is 0. The predicted molar refractivity (Wildman–Crippen MR) is 67.3 cm³/mol. The second-order valence-corrected chi connectivity index (χ2v) is 6.01. The van der Waals surface area contributed by atoms with E-state index in [9.17, 15) is 5.11 Å². The summed E-state index contributed by atoms with van der Waals surface area (Å²) in [5.41, 5.74) is -0.779. The Kier molecular flexibility index (Phi) is 3.60. The zero-order valence-electron chi connectivity index (χ0n) is 11.5. The van der Waals surface area contributed by atoms with Crippen LogP contribution in [0.4, 0.5) is 0 Å². The maximum atomic E-state index is 12.1. The van der Waals surface area contributed by atoms with Crippen molar-refractivity contribution in [1.29, 1.82) is 0 Å². The summed E-state index contributed by atoms with van der Waals surface area (Å²) in [6, 6.07) is 5.11. The zero-order valence-corrected chi connectivity index (χ0v) is 11.5. The van der Waals surface area contributed by atoms with Crippen molar-refractivity contribution in [2.45, 2.75) is 52.7 Å². The molecular formula is C14H21O3. The highest BCUT2D eigenvalue weighted by atomic mass is 16.5. The number of hydrogen-bond acceptors (Lipinski definition) is 2. The Labute approximate surface area is 103 Å². The number of para-hydroxylation sites is 1. The summed E-state index contributed by atoms with van der Waals surface area (Å²) in [4.78, 5) is 0. The molecule has 17 heavy (non-hydrogen) atoms. The van der Waals surface area contributed by atoms with Crippen LogP contribution in [-0.2, 0) is 5.11 Å². The normalized spacial score (nSPS) is 12.4. The van der Waals surface area contributed by atoms with Crippen molar-refractivity contribution in [3.63, 3.8) is 0 Å². The fourth-order valence-electron chi connectivity index (χ4n) is 1.32. The van der Waals surface area contributed by atoms with Gasteiger partial charge in [0.1, 0.15) is 11.2 Å². The van der Waals surface area contributed by atoms with Crippen LogP contribution in [0.3, 0.4) is 0 Å². The summed E-state index contributed by atoms with van der Waals surface area (Å²) in [5.74, 6) is 0.468. The fraction of sp³-hybridized carbons (Fsp3) is 0.571. The van der Waals surface area contributed by atoms with Crippen LogP contribution in [0.25, 0.3) is 0 Å². The topological polar surface area (TPSA) is 38.4 Å². The standard InChI is InChI=1S/C14H21O3/c1-13(2,3)16-10-8-7-9-11(12(10)15)17-14(4,5)6/h7-9H,1-6H3. The first-order valence-corrected chi connectivity index (χ1v) is 5.76. The Morgan fingerprint density at radius 2 is 1.18 bits per heavy atom. The minimum atomic E-state index is -0.389. The van der Waals surface area contributed by atoms with Crippen LogP contribution in [0.5, 0.6) is 17.2 Å². The van der Waals surface area contributed by atoms with Gasteiger partial charge in [0.25, 0.3) is 5.75 Å². The summed E-state index contributed by atoms with van der Waals surface area (Å²) in [6.45, 7) is 11.4. The monoisotopic (exact) mass is 237 g/mol. The molecule has 3 heteroatoms. The molecule has 0 aliphatic heterocycles. The largest absolute Gasteiger partial charge is 0.484 e. The van der Waals surface area contributed by atoms with Crippen LogP contribution >= 0.6 is 0 Å². The Balaban J connectivity index is 3.00. The van der Waals surface area contributed by atoms with Crippen LogP contribution in [0.1, 0.15) is 41.5 Å². The molecule has 1 aromatic carbocycles. The van der Waals surface area contributed by atoms with E-state index in [1.54, 1.807) is 18.2 Å². The second kappa shape index (κ2) is 4.47. The minimum absolute atomic E-state index is 0.197. The molecule has 0 unspecified atom stereocenters. The summed E-state index contributed by atoms with van der Waals surface area (Å²) in [7, 11) is 0. The molecule has 0 saturated carbocycles. The van der Waals surface area contributed by atoms with Gasteiger partial charge in [-0.2, -0.15) is 0 Å². The molecule has 0 amide bonds. The molecule has 1 aromatic rings.